The molecule has 3 atom stereocenters. The van der Waals surface area contributed by atoms with Gasteiger partial charge in [-0.3, -0.25) is 9.69 Å². The summed E-state index contributed by atoms with van der Waals surface area (Å²) in [6, 6.07) is 0.985. The fourth-order valence-electron chi connectivity index (χ4n) is 3.51. The van der Waals surface area contributed by atoms with E-state index in [1.165, 1.54) is 0 Å². The number of hydrogen-bond acceptors (Lipinski definition) is 4. The summed E-state index contributed by atoms with van der Waals surface area (Å²) in [4.78, 5) is 16.4. The molecule has 0 aromatic heterocycles. The van der Waals surface area contributed by atoms with Gasteiger partial charge in [0.1, 0.15) is 5.54 Å². The zero-order chi connectivity index (χ0) is 14.0. The lowest BCUT2D eigenvalue weighted by Gasteiger charge is -2.41. The van der Waals surface area contributed by atoms with E-state index in [0.29, 0.717) is 12.1 Å². The molecule has 19 heavy (non-hydrogen) atoms. The number of carbonyl (C=O) groups is 1. The van der Waals surface area contributed by atoms with E-state index < -0.39 is 11.5 Å². The molecule has 5 nitrogen and oxygen atoms in total. The van der Waals surface area contributed by atoms with Crippen LogP contribution in [0.3, 0.4) is 0 Å². The van der Waals surface area contributed by atoms with Gasteiger partial charge < -0.3 is 15.3 Å². The van der Waals surface area contributed by atoms with E-state index in [1.807, 2.05) is 6.92 Å². The zero-order valence-corrected chi connectivity index (χ0v) is 12.4. The van der Waals surface area contributed by atoms with Crippen molar-refractivity contribution in [1.29, 1.82) is 0 Å². The number of nitrogens with zero attached hydrogens (tertiary/aromatic N) is 2. The summed E-state index contributed by atoms with van der Waals surface area (Å²) in [6.45, 7) is 8.15. The van der Waals surface area contributed by atoms with Crippen molar-refractivity contribution in [3.63, 3.8) is 0 Å². The van der Waals surface area contributed by atoms with Crippen molar-refractivity contribution < 1.29 is 9.90 Å². The Hall–Kier alpha value is -0.650. The normalized spacial score (nSPS) is 37.6. The Balaban J connectivity index is 1.99. The van der Waals surface area contributed by atoms with Crippen LogP contribution in [0.5, 0.6) is 0 Å². The minimum atomic E-state index is -0.688. The summed E-state index contributed by atoms with van der Waals surface area (Å²) in [7, 11) is 2.16. The molecular weight excluding hydrogens is 242 g/mol. The predicted octanol–water partition coefficient (Wildman–Crippen LogP) is 0.608. The number of likely N-dealkylation sites (N-methyl/N-ethyl adjacent to an activating group) is 2. The Kier molecular flexibility index (Phi) is 4.48. The van der Waals surface area contributed by atoms with Gasteiger partial charge in [0.25, 0.3) is 0 Å². The molecule has 2 fully saturated rings. The van der Waals surface area contributed by atoms with Crippen LogP contribution in [0.25, 0.3) is 0 Å². The highest BCUT2D eigenvalue weighted by molar-refractivity contribution is 5.79. The van der Waals surface area contributed by atoms with Gasteiger partial charge >= 0.3 is 5.97 Å². The molecule has 110 valence electrons. The molecular formula is C14H27N3O2. The van der Waals surface area contributed by atoms with Gasteiger partial charge in [-0.15, -0.1) is 0 Å². The van der Waals surface area contributed by atoms with Crippen molar-refractivity contribution in [2.75, 3.05) is 33.2 Å². The highest BCUT2D eigenvalue weighted by Crippen LogP contribution is 2.34. The molecule has 0 radical (unpaired) electrons. The van der Waals surface area contributed by atoms with Crippen LogP contribution in [0, 0.1) is 0 Å². The van der Waals surface area contributed by atoms with Crippen molar-refractivity contribution in [2.24, 2.45) is 0 Å². The van der Waals surface area contributed by atoms with Crippen LogP contribution in [0.2, 0.25) is 0 Å². The molecule has 0 aromatic carbocycles. The molecule has 0 bridgehead atoms. The highest BCUT2D eigenvalue weighted by Gasteiger charge is 2.46. The summed E-state index contributed by atoms with van der Waals surface area (Å²) in [5.74, 6) is -0.681. The van der Waals surface area contributed by atoms with Crippen LogP contribution in [0.4, 0.5) is 0 Å². The molecule has 1 aliphatic heterocycles. The summed E-state index contributed by atoms with van der Waals surface area (Å²) in [5, 5.41) is 12.7. The smallest absolute Gasteiger partial charge is 0.323 e. The molecule has 1 saturated carbocycles. The molecule has 1 heterocycles. The molecule has 2 rings (SSSR count). The number of aliphatic carboxylic acids is 1. The second-order valence-corrected chi connectivity index (χ2v) is 6.14. The quantitative estimate of drug-likeness (QED) is 0.783. The number of hydrogen-bond donors (Lipinski definition) is 2. The topological polar surface area (TPSA) is 55.8 Å². The second-order valence-electron chi connectivity index (χ2n) is 6.14. The third-order valence-corrected chi connectivity index (χ3v) is 4.92. The maximum absolute atomic E-state index is 11.6. The molecule has 5 heteroatoms. The SMILES string of the molecule is CCNC1(C(=O)O)CCC(N2CCN(C)C(C)C2)C1. The summed E-state index contributed by atoms with van der Waals surface area (Å²) < 4.78 is 0. The highest BCUT2D eigenvalue weighted by atomic mass is 16.4. The van der Waals surface area contributed by atoms with Gasteiger partial charge in [0.2, 0.25) is 0 Å². The zero-order valence-electron chi connectivity index (χ0n) is 12.4. The van der Waals surface area contributed by atoms with E-state index in [0.717, 1.165) is 45.4 Å². The van der Waals surface area contributed by atoms with E-state index in [-0.39, 0.29) is 0 Å². The minimum absolute atomic E-state index is 0.422. The van der Waals surface area contributed by atoms with Gasteiger partial charge in [0.05, 0.1) is 0 Å². The fraction of sp³-hybridized carbons (Fsp3) is 0.929. The Morgan fingerprint density at radius 2 is 2.21 bits per heavy atom. The van der Waals surface area contributed by atoms with Crippen LogP contribution in [-0.4, -0.2) is 71.7 Å². The fourth-order valence-corrected chi connectivity index (χ4v) is 3.51. The van der Waals surface area contributed by atoms with Gasteiger partial charge in [-0.05, 0) is 39.8 Å². The third-order valence-electron chi connectivity index (χ3n) is 4.92. The molecule has 0 aromatic rings. The van der Waals surface area contributed by atoms with Crippen LogP contribution in [0.15, 0.2) is 0 Å². The first-order valence-corrected chi connectivity index (χ1v) is 7.41. The minimum Gasteiger partial charge on any atom is -0.480 e. The number of carboxylic acids is 1. The van der Waals surface area contributed by atoms with Gasteiger partial charge in [-0.2, -0.15) is 0 Å². The number of rotatable bonds is 4. The number of piperazine rings is 1. The van der Waals surface area contributed by atoms with Crippen molar-refractivity contribution >= 4 is 5.97 Å². The predicted molar refractivity (Wildman–Crippen MR) is 75.3 cm³/mol. The lowest BCUT2D eigenvalue weighted by molar-refractivity contribution is -0.144. The lowest BCUT2D eigenvalue weighted by Crippen LogP contribution is -2.55. The van der Waals surface area contributed by atoms with Crippen LogP contribution < -0.4 is 5.32 Å². The lowest BCUT2D eigenvalue weighted by atomic mass is 9.97. The summed E-state index contributed by atoms with van der Waals surface area (Å²) in [5.41, 5.74) is -0.688. The van der Waals surface area contributed by atoms with E-state index in [2.05, 4.69) is 29.1 Å². The number of carboxylic acid groups (broad SMARTS) is 1. The Labute approximate surface area is 115 Å². The monoisotopic (exact) mass is 269 g/mol. The second kappa shape index (κ2) is 5.77. The van der Waals surface area contributed by atoms with Gasteiger partial charge in [0.15, 0.2) is 0 Å². The van der Waals surface area contributed by atoms with Gasteiger partial charge in [0, 0.05) is 31.7 Å². The van der Waals surface area contributed by atoms with Gasteiger partial charge in [-0.25, -0.2) is 0 Å². The van der Waals surface area contributed by atoms with Crippen molar-refractivity contribution in [3.8, 4) is 0 Å². The number of nitrogens with one attached hydrogen (secondary N) is 1. The Morgan fingerprint density at radius 1 is 1.47 bits per heavy atom. The molecule has 2 aliphatic rings. The van der Waals surface area contributed by atoms with E-state index in [4.69, 9.17) is 0 Å². The molecule has 1 aliphatic carbocycles. The first-order chi connectivity index (χ1) is 8.98. The van der Waals surface area contributed by atoms with Crippen LogP contribution in [0.1, 0.15) is 33.1 Å². The van der Waals surface area contributed by atoms with Crippen LogP contribution >= 0.6 is 0 Å². The molecule has 2 N–H and O–H groups in total. The standard InChI is InChI=1S/C14H27N3O2/c1-4-15-14(13(18)19)6-5-12(9-14)17-8-7-16(3)11(2)10-17/h11-12,15H,4-10H2,1-3H3,(H,18,19). The first kappa shape index (κ1) is 14.8. The molecule has 0 spiro atoms. The van der Waals surface area contributed by atoms with Crippen molar-refractivity contribution in [3.05, 3.63) is 0 Å². The maximum atomic E-state index is 11.6. The first-order valence-electron chi connectivity index (χ1n) is 7.41. The Morgan fingerprint density at radius 3 is 2.79 bits per heavy atom. The van der Waals surface area contributed by atoms with E-state index in [9.17, 15) is 9.90 Å². The molecule has 3 unspecified atom stereocenters. The van der Waals surface area contributed by atoms with Crippen LogP contribution in [-0.2, 0) is 4.79 Å². The third kappa shape index (κ3) is 2.93. The maximum Gasteiger partial charge on any atom is 0.323 e. The average molecular weight is 269 g/mol. The summed E-state index contributed by atoms with van der Waals surface area (Å²) >= 11 is 0. The van der Waals surface area contributed by atoms with Crippen molar-refractivity contribution in [1.82, 2.24) is 15.1 Å². The van der Waals surface area contributed by atoms with Gasteiger partial charge in [-0.1, -0.05) is 6.92 Å². The molecule has 0 amide bonds. The summed E-state index contributed by atoms with van der Waals surface area (Å²) in [6.07, 6.45) is 2.49. The van der Waals surface area contributed by atoms with E-state index >= 15 is 0 Å². The largest absolute Gasteiger partial charge is 0.480 e. The van der Waals surface area contributed by atoms with E-state index in [1.54, 1.807) is 0 Å². The average Bonchev–Trinajstić information content (AvgIpc) is 2.79. The Bertz CT molecular complexity index is 337. The molecule has 1 saturated heterocycles. The van der Waals surface area contributed by atoms with Crippen molar-refractivity contribution in [2.45, 2.75) is 50.7 Å².